The minimum atomic E-state index is -2.26. The molecule has 3 N–H and O–H groups in total. The van der Waals surface area contributed by atoms with E-state index in [0.717, 1.165) is 6.29 Å². The molecule has 4 aliphatic carbocycles. The molecule has 0 radical (unpaired) electrons. The van der Waals surface area contributed by atoms with Gasteiger partial charge in [0.25, 0.3) is 0 Å². The molecule has 1 unspecified atom stereocenters. The monoisotopic (exact) mass is 418 g/mol. The lowest BCUT2D eigenvalue weighted by Gasteiger charge is -2.73. The van der Waals surface area contributed by atoms with Crippen LogP contribution in [0.4, 0.5) is 0 Å². The van der Waals surface area contributed by atoms with E-state index in [1.54, 1.807) is 0 Å². The molecule has 6 fully saturated rings. The predicted molar refractivity (Wildman–Crippen MR) is 104 cm³/mol. The van der Waals surface area contributed by atoms with Gasteiger partial charge in [0.2, 0.25) is 5.79 Å². The molecule has 0 aromatic rings. The molecule has 2 spiro atoms. The second-order valence-electron chi connectivity index (χ2n) is 10.9. The lowest BCUT2D eigenvalue weighted by Crippen LogP contribution is -2.85. The van der Waals surface area contributed by atoms with Crippen LogP contribution >= 0.6 is 0 Å². The molecule has 164 valence electrons. The summed E-state index contributed by atoms with van der Waals surface area (Å²) in [7, 11) is 0. The van der Waals surface area contributed by atoms with Gasteiger partial charge in [0.1, 0.15) is 23.6 Å². The zero-order valence-electron chi connectivity index (χ0n) is 17.5. The van der Waals surface area contributed by atoms with Crippen molar-refractivity contribution in [3.05, 3.63) is 12.2 Å². The molecular formula is C23H30O7. The van der Waals surface area contributed by atoms with Crippen LogP contribution in [0.15, 0.2) is 12.2 Å². The second-order valence-corrected chi connectivity index (χ2v) is 10.9. The number of carbonyl (C=O) groups is 3. The highest BCUT2D eigenvalue weighted by Gasteiger charge is 2.87. The SMILES string of the molecule is C=C1C(=O)[C@]23C(O)[C@H]1CC[C@H]2[C@@]12CO[C@@]3(O)[C@@H](O)[C@@H]1C(C)(C)C[C@@H](CCC=O)C2=O. The Hall–Kier alpha value is -1.41. The van der Waals surface area contributed by atoms with E-state index in [2.05, 4.69) is 6.58 Å². The first kappa shape index (κ1) is 20.5. The van der Waals surface area contributed by atoms with Crippen LogP contribution in [-0.4, -0.2) is 57.8 Å². The summed E-state index contributed by atoms with van der Waals surface area (Å²) in [4.78, 5) is 38.5. The Morgan fingerprint density at radius 3 is 2.57 bits per heavy atom. The minimum absolute atomic E-state index is 0.0887. The maximum Gasteiger partial charge on any atom is 0.208 e. The molecule has 7 nitrogen and oxygen atoms in total. The van der Waals surface area contributed by atoms with E-state index in [0.29, 0.717) is 25.7 Å². The van der Waals surface area contributed by atoms with E-state index >= 15 is 0 Å². The average Bonchev–Trinajstić information content (AvgIpc) is 2.80. The van der Waals surface area contributed by atoms with Crippen LogP contribution in [0.3, 0.4) is 0 Å². The molecule has 4 saturated carbocycles. The first-order chi connectivity index (χ1) is 14.0. The lowest BCUT2D eigenvalue weighted by atomic mass is 9.35. The van der Waals surface area contributed by atoms with Gasteiger partial charge in [-0.3, -0.25) is 9.59 Å². The maximum atomic E-state index is 14.0. The Morgan fingerprint density at radius 1 is 1.20 bits per heavy atom. The molecule has 7 heteroatoms. The summed E-state index contributed by atoms with van der Waals surface area (Å²) in [6.45, 7) is 7.73. The van der Waals surface area contributed by atoms with Crippen LogP contribution in [-0.2, 0) is 19.1 Å². The standard InChI is InChI=1S/C23H30O7/c1-11-13-6-7-14-21-10-30-23(29,22(14,16(11)25)18(13)27)19(28)15(21)20(2,3)9-12(17(21)26)5-4-8-24/h8,12-15,18-19,27-29H,1,4-7,9-10H2,2-3H3/t12-,13+,14+,15-,18?,19+,21+,22+,23+/m1/s1. The van der Waals surface area contributed by atoms with E-state index in [1.807, 2.05) is 13.8 Å². The minimum Gasteiger partial charge on any atom is -0.391 e. The molecule has 0 aromatic carbocycles. The molecule has 30 heavy (non-hydrogen) atoms. The summed E-state index contributed by atoms with van der Waals surface area (Å²) < 4.78 is 5.83. The molecule has 0 amide bonds. The Morgan fingerprint density at radius 2 is 1.90 bits per heavy atom. The highest BCUT2D eigenvalue weighted by molar-refractivity contribution is 6.06. The van der Waals surface area contributed by atoms with Gasteiger partial charge in [-0.05, 0) is 42.6 Å². The summed E-state index contributed by atoms with van der Waals surface area (Å²) in [5.41, 5.74) is -3.25. The van der Waals surface area contributed by atoms with Crippen LogP contribution in [0, 0.1) is 39.9 Å². The second kappa shape index (κ2) is 5.88. The number of Topliss-reactive ketones (excluding diaryl/α,β-unsaturated/α-hetero) is 2. The van der Waals surface area contributed by atoms with E-state index in [-0.39, 0.29) is 24.4 Å². The number of aliphatic hydroxyl groups excluding tert-OH is 2. The number of aliphatic hydroxyl groups is 3. The average molecular weight is 418 g/mol. The van der Waals surface area contributed by atoms with E-state index in [4.69, 9.17) is 4.74 Å². The number of fused-ring (bicyclic) bond motifs is 2. The molecule has 6 aliphatic rings. The van der Waals surface area contributed by atoms with Crippen LogP contribution in [0.5, 0.6) is 0 Å². The number of carbonyl (C=O) groups excluding carboxylic acids is 3. The first-order valence-corrected chi connectivity index (χ1v) is 11.0. The van der Waals surface area contributed by atoms with Crippen LogP contribution in [0.2, 0.25) is 0 Å². The van der Waals surface area contributed by atoms with Crippen molar-refractivity contribution in [1.29, 1.82) is 0 Å². The topological polar surface area (TPSA) is 121 Å². The van der Waals surface area contributed by atoms with Gasteiger partial charge in [0, 0.05) is 24.2 Å². The van der Waals surface area contributed by atoms with Crippen molar-refractivity contribution in [2.24, 2.45) is 39.9 Å². The Bertz CT molecular complexity index is 864. The molecule has 0 aromatic heterocycles. The van der Waals surface area contributed by atoms with Crippen molar-refractivity contribution < 1.29 is 34.4 Å². The van der Waals surface area contributed by atoms with Crippen molar-refractivity contribution in [2.45, 2.75) is 63.9 Å². The lowest BCUT2D eigenvalue weighted by molar-refractivity contribution is -0.438. The summed E-state index contributed by atoms with van der Waals surface area (Å²) in [6, 6.07) is 0. The molecule has 4 bridgehead atoms. The van der Waals surface area contributed by atoms with Gasteiger partial charge in [0.05, 0.1) is 18.1 Å². The van der Waals surface area contributed by atoms with Gasteiger partial charge in [-0.25, -0.2) is 0 Å². The molecule has 2 saturated heterocycles. The van der Waals surface area contributed by atoms with E-state index in [9.17, 15) is 29.7 Å². The number of hydrogen-bond acceptors (Lipinski definition) is 7. The summed E-state index contributed by atoms with van der Waals surface area (Å²) >= 11 is 0. The molecule has 6 rings (SSSR count). The summed E-state index contributed by atoms with van der Waals surface area (Å²) in [6.07, 6.45) is 0.205. The Labute approximate surface area is 175 Å². The third-order valence-electron chi connectivity index (χ3n) is 9.37. The number of ketones is 2. The third-order valence-corrected chi connectivity index (χ3v) is 9.37. The highest BCUT2D eigenvalue weighted by Crippen LogP contribution is 2.76. The maximum absolute atomic E-state index is 14.0. The number of hydrogen-bond donors (Lipinski definition) is 3. The predicted octanol–water partition coefficient (Wildman–Crippen LogP) is 0.789. The van der Waals surface area contributed by atoms with Crippen molar-refractivity contribution in [3.63, 3.8) is 0 Å². The fraction of sp³-hybridized carbons (Fsp3) is 0.783. The van der Waals surface area contributed by atoms with Gasteiger partial charge in [-0.2, -0.15) is 0 Å². The van der Waals surface area contributed by atoms with Gasteiger partial charge >= 0.3 is 0 Å². The van der Waals surface area contributed by atoms with E-state index < -0.39 is 63.7 Å². The fourth-order valence-corrected chi connectivity index (χ4v) is 8.49. The Kier molecular flexibility index (Phi) is 4.02. The van der Waals surface area contributed by atoms with Gasteiger partial charge < -0.3 is 24.9 Å². The zero-order valence-corrected chi connectivity index (χ0v) is 17.5. The van der Waals surface area contributed by atoms with Gasteiger partial charge in [-0.15, -0.1) is 0 Å². The fourth-order valence-electron chi connectivity index (χ4n) is 8.49. The highest BCUT2D eigenvalue weighted by atomic mass is 16.6. The molecular weight excluding hydrogens is 388 g/mol. The smallest absolute Gasteiger partial charge is 0.208 e. The molecule has 2 aliphatic heterocycles. The molecule has 2 heterocycles. The van der Waals surface area contributed by atoms with Crippen LogP contribution < -0.4 is 0 Å². The van der Waals surface area contributed by atoms with Crippen molar-refractivity contribution in [3.8, 4) is 0 Å². The number of aldehydes is 1. The number of rotatable bonds is 3. The quantitative estimate of drug-likeness (QED) is 0.458. The van der Waals surface area contributed by atoms with Gasteiger partial charge in [-0.1, -0.05) is 20.4 Å². The van der Waals surface area contributed by atoms with Gasteiger partial charge in [0.15, 0.2) is 5.78 Å². The zero-order chi connectivity index (χ0) is 21.9. The third kappa shape index (κ3) is 1.87. The summed E-state index contributed by atoms with van der Waals surface area (Å²) in [5, 5.41) is 34.5. The Balaban J connectivity index is 1.75. The molecule has 9 atom stereocenters. The summed E-state index contributed by atoms with van der Waals surface area (Å²) in [5.74, 6) is -4.98. The normalized spacial score (nSPS) is 53.4. The largest absolute Gasteiger partial charge is 0.391 e. The van der Waals surface area contributed by atoms with Crippen LogP contribution in [0.1, 0.15) is 46.0 Å². The van der Waals surface area contributed by atoms with Crippen LogP contribution in [0.25, 0.3) is 0 Å². The van der Waals surface area contributed by atoms with Crippen molar-refractivity contribution >= 4 is 17.9 Å². The van der Waals surface area contributed by atoms with Crippen molar-refractivity contribution in [2.75, 3.05) is 6.61 Å². The van der Waals surface area contributed by atoms with Crippen molar-refractivity contribution in [1.82, 2.24) is 0 Å². The van der Waals surface area contributed by atoms with E-state index in [1.165, 1.54) is 0 Å². The first-order valence-electron chi connectivity index (χ1n) is 11.0. The number of ether oxygens (including phenoxy) is 1.